The summed E-state index contributed by atoms with van der Waals surface area (Å²) >= 11 is 1.64. The minimum Gasteiger partial charge on any atom is -0.318 e. The molecule has 0 saturated heterocycles. The van der Waals surface area contributed by atoms with Crippen molar-refractivity contribution < 1.29 is 0 Å². The standard InChI is InChI=1S/C10H14N4S/c1-6-10(15-7(2)12-6)9(11)8-4-5-14(3)13-8/h4-5,9H,11H2,1-3H3. The maximum absolute atomic E-state index is 6.14. The normalized spacial score (nSPS) is 13.1. The van der Waals surface area contributed by atoms with Gasteiger partial charge in [-0.05, 0) is 19.9 Å². The van der Waals surface area contributed by atoms with Gasteiger partial charge in [0.15, 0.2) is 0 Å². The first-order valence-electron chi connectivity index (χ1n) is 4.77. The van der Waals surface area contributed by atoms with E-state index in [1.54, 1.807) is 16.0 Å². The van der Waals surface area contributed by atoms with Gasteiger partial charge in [-0.1, -0.05) is 0 Å². The van der Waals surface area contributed by atoms with Gasteiger partial charge >= 0.3 is 0 Å². The number of aryl methyl sites for hydroxylation is 3. The average molecular weight is 222 g/mol. The summed E-state index contributed by atoms with van der Waals surface area (Å²) in [4.78, 5) is 5.47. The van der Waals surface area contributed by atoms with Crippen LogP contribution in [0.1, 0.15) is 27.3 Å². The van der Waals surface area contributed by atoms with Gasteiger partial charge in [0.2, 0.25) is 0 Å². The van der Waals surface area contributed by atoms with E-state index in [1.807, 2.05) is 33.2 Å². The SMILES string of the molecule is Cc1nc(C)c(C(N)c2ccn(C)n2)s1. The number of rotatable bonds is 2. The minimum absolute atomic E-state index is 0.155. The van der Waals surface area contributed by atoms with Crippen LogP contribution in [-0.4, -0.2) is 14.8 Å². The number of nitrogens with zero attached hydrogens (tertiary/aromatic N) is 3. The molecule has 2 N–H and O–H groups in total. The molecule has 0 radical (unpaired) electrons. The van der Waals surface area contributed by atoms with Crippen molar-refractivity contribution >= 4 is 11.3 Å². The quantitative estimate of drug-likeness (QED) is 0.838. The van der Waals surface area contributed by atoms with Crippen molar-refractivity contribution in [1.82, 2.24) is 14.8 Å². The minimum atomic E-state index is -0.155. The van der Waals surface area contributed by atoms with Gasteiger partial charge in [-0.3, -0.25) is 4.68 Å². The molecule has 0 aliphatic rings. The summed E-state index contributed by atoms with van der Waals surface area (Å²) in [6.45, 7) is 3.98. The molecule has 4 nitrogen and oxygen atoms in total. The van der Waals surface area contributed by atoms with Crippen molar-refractivity contribution in [3.8, 4) is 0 Å². The highest BCUT2D eigenvalue weighted by molar-refractivity contribution is 7.11. The molecule has 2 aromatic heterocycles. The molecule has 1 unspecified atom stereocenters. The number of aromatic nitrogens is 3. The molecule has 2 heterocycles. The molecular formula is C10H14N4S. The zero-order valence-electron chi connectivity index (χ0n) is 9.06. The van der Waals surface area contributed by atoms with Crippen LogP contribution < -0.4 is 5.73 Å². The van der Waals surface area contributed by atoms with Gasteiger partial charge in [0, 0.05) is 13.2 Å². The van der Waals surface area contributed by atoms with Gasteiger partial charge < -0.3 is 5.73 Å². The van der Waals surface area contributed by atoms with Crippen LogP contribution >= 0.6 is 11.3 Å². The Morgan fingerprint density at radius 3 is 2.67 bits per heavy atom. The molecule has 80 valence electrons. The molecule has 2 aromatic rings. The van der Waals surface area contributed by atoms with Crippen molar-refractivity contribution in [2.45, 2.75) is 19.9 Å². The fourth-order valence-corrected chi connectivity index (χ4v) is 2.51. The Morgan fingerprint density at radius 2 is 2.20 bits per heavy atom. The molecule has 5 heteroatoms. The predicted molar refractivity (Wildman–Crippen MR) is 60.8 cm³/mol. The first-order valence-corrected chi connectivity index (χ1v) is 5.58. The van der Waals surface area contributed by atoms with E-state index < -0.39 is 0 Å². The van der Waals surface area contributed by atoms with E-state index in [1.165, 1.54) is 0 Å². The molecule has 0 amide bonds. The molecule has 1 atom stereocenters. The van der Waals surface area contributed by atoms with E-state index >= 15 is 0 Å². The summed E-state index contributed by atoms with van der Waals surface area (Å²) in [5.41, 5.74) is 8.04. The summed E-state index contributed by atoms with van der Waals surface area (Å²) in [6, 6.07) is 1.79. The van der Waals surface area contributed by atoms with Crippen LogP contribution in [0.2, 0.25) is 0 Å². The first-order chi connectivity index (χ1) is 7.08. The molecule has 0 fully saturated rings. The smallest absolute Gasteiger partial charge is 0.0900 e. The summed E-state index contributed by atoms with van der Waals surface area (Å²) < 4.78 is 1.76. The Morgan fingerprint density at radius 1 is 1.47 bits per heavy atom. The van der Waals surface area contributed by atoms with Crippen molar-refractivity contribution in [2.24, 2.45) is 12.8 Å². The first kappa shape index (κ1) is 10.3. The summed E-state index contributed by atoms with van der Waals surface area (Å²) in [5.74, 6) is 0. The van der Waals surface area contributed by atoms with Crippen LogP contribution in [0.5, 0.6) is 0 Å². The second kappa shape index (κ2) is 3.75. The Bertz CT molecular complexity index is 471. The monoisotopic (exact) mass is 222 g/mol. The van der Waals surface area contributed by atoms with E-state index in [2.05, 4.69) is 10.1 Å². The van der Waals surface area contributed by atoms with Crippen LogP contribution in [0.15, 0.2) is 12.3 Å². The van der Waals surface area contributed by atoms with Gasteiger partial charge in [0.25, 0.3) is 0 Å². The molecule has 0 spiro atoms. The molecule has 0 bridgehead atoms. The van der Waals surface area contributed by atoms with Crippen molar-refractivity contribution in [3.05, 3.63) is 33.5 Å². The summed E-state index contributed by atoms with van der Waals surface area (Å²) in [7, 11) is 1.89. The summed E-state index contributed by atoms with van der Waals surface area (Å²) in [6.07, 6.45) is 1.90. The molecule has 2 rings (SSSR count). The van der Waals surface area contributed by atoms with Crippen LogP contribution in [0.3, 0.4) is 0 Å². The number of thiazole rings is 1. The highest BCUT2D eigenvalue weighted by Crippen LogP contribution is 2.26. The van der Waals surface area contributed by atoms with Crippen molar-refractivity contribution in [2.75, 3.05) is 0 Å². The van der Waals surface area contributed by atoms with E-state index in [4.69, 9.17) is 5.73 Å². The largest absolute Gasteiger partial charge is 0.318 e. The molecular weight excluding hydrogens is 208 g/mol. The topological polar surface area (TPSA) is 56.7 Å². The van der Waals surface area contributed by atoms with E-state index in [0.717, 1.165) is 21.3 Å². The molecule has 0 aromatic carbocycles. The lowest BCUT2D eigenvalue weighted by Gasteiger charge is -2.06. The number of hydrogen-bond donors (Lipinski definition) is 1. The van der Waals surface area contributed by atoms with Crippen LogP contribution in [-0.2, 0) is 7.05 Å². The van der Waals surface area contributed by atoms with Crippen molar-refractivity contribution in [3.63, 3.8) is 0 Å². The maximum atomic E-state index is 6.14. The lowest BCUT2D eigenvalue weighted by molar-refractivity contribution is 0.718. The molecule has 0 saturated carbocycles. The third kappa shape index (κ3) is 1.93. The lowest BCUT2D eigenvalue weighted by atomic mass is 10.1. The Kier molecular flexibility index (Phi) is 2.58. The van der Waals surface area contributed by atoms with E-state index in [0.29, 0.717) is 0 Å². The number of nitrogens with two attached hydrogens (primary N) is 1. The third-order valence-electron chi connectivity index (χ3n) is 2.27. The Hall–Kier alpha value is -1.20. The second-order valence-corrected chi connectivity index (χ2v) is 4.81. The Labute approximate surface area is 92.8 Å². The highest BCUT2D eigenvalue weighted by Gasteiger charge is 2.17. The Balaban J connectivity index is 2.35. The zero-order valence-corrected chi connectivity index (χ0v) is 9.88. The van der Waals surface area contributed by atoms with Gasteiger partial charge in [-0.25, -0.2) is 4.98 Å². The van der Waals surface area contributed by atoms with Crippen LogP contribution in [0.25, 0.3) is 0 Å². The van der Waals surface area contributed by atoms with Gasteiger partial charge in [0.1, 0.15) is 0 Å². The van der Waals surface area contributed by atoms with Crippen molar-refractivity contribution in [1.29, 1.82) is 0 Å². The molecule has 0 aliphatic carbocycles. The number of hydrogen-bond acceptors (Lipinski definition) is 4. The highest BCUT2D eigenvalue weighted by atomic mass is 32.1. The van der Waals surface area contributed by atoms with Gasteiger partial charge in [-0.15, -0.1) is 11.3 Å². The predicted octanol–water partition coefficient (Wildman–Crippen LogP) is 1.54. The van der Waals surface area contributed by atoms with Crippen LogP contribution in [0.4, 0.5) is 0 Å². The third-order valence-corrected chi connectivity index (χ3v) is 3.43. The molecule has 0 aliphatic heterocycles. The fraction of sp³-hybridized carbons (Fsp3) is 0.400. The van der Waals surface area contributed by atoms with Crippen LogP contribution in [0, 0.1) is 13.8 Å². The zero-order chi connectivity index (χ0) is 11.0. The fourth-order valence-electron chi connectivity index (χ4n) is 1.57. The maximum Gasteiger partial charge on any atom is 0.0900 e. The summed E-state index contributed by atoms with van der Waals surface area (Å²) in [5, 5.41) is 5.36. The van der Waals surface area contributed by atoms with Gasteiger partial charge in [-0.2, -0.15) is 5.10 Å². The van der Waals surface area contributed by atoms with E-state index in [9.17, 15) is 0 Å². The second-order valence-electron chi connectivity index (χ2n) is 3.57. The lowest BCUT2D eigenvalue weighted by Crippen LogP contribution is -2.12. The van der Waals surface area contributed by atoms with E-state index in [-0.39, 0.29) is 6.04 Å². The average Bonchev–Trinajstić information content (AvgIpc) is 2.71. The molecule has 15 heavy (non-hydrogen) atoms. The van der Waals surface area contributed by atoms with Gasteiger partial charge in [0.05, 0.1) is 27.3 Å².